The molecule has 0 aromatic carbocycles. The maximum Gasteiger partial charge on any atom is 0.337 e. The highest BCUT2D eigenvalue weighted by Crippen LogP contribution is 2.28. The molecule has 0 aliphatic carbocycles. The number of nitriles is 1. The van der Waals surface area contributed by atoms with E-state index in [2.05, 4.69) is 4.99 Å². The lowest BCUT2D eigenvalue weighted by atomic mass is 9.85. The number of ether oxygens (including phenoxy) is 3. The molecule has 1 heterocycles. The number of rotatable bonds is 7. The molecule has 2 N–H and O–H groups in total. The highest BCUT2D eigenvalue weighted by atomic mass is 16.5. The normalized spacial score (nSPS) is 17.8. The van der Waals surface area contributed by atoms with Gasteiger partial charge in [-0.05, 0) is 20.8 Å². The van der Waals surface area contributed by atoms with Crippen molar-refractivity contribution in [1.29, 1.82) is 5.26 Å². The van der Waals surface area contributed by atoms with Crippen LogP contribution in [0, 0.1) is 23.2 Å². The van der Waals surface area contributed by atoms with E-state index >= 15 is 0 Å². The Labute approximate surface area is 145 Å². The van der Waals surface area contributed by atoms with Crippen molar-refractivity contribution in [3.05, 3.63) is 11.4 Å². The van der Waals surface area contributed by atoms with Gasteiger partial charge in [0.1, 0.15) is 11.7 Å². The molecule has 0 saturated carbocycles. The number of aliphatic imine (C=N–C) groups is 1. The second-order valence-corrected chi connectivity index (χ2v) is 4.94. The van der Waals surface area contributed by atoms with Crippen LogP contribution in [0.15, 0.2) is 16.4 Å². The van der Waals surface area contributed by atoms with Crippen LogP contribution in [0.1, 0.15) is 27.2 Å². The van der Waals surface area contributed by atoms with Crippen LogP contribution in [0.4, 0.5) is 0 Å². The van der Waals surface area contributed by atoms with Crippen LogP contribution < -0.4 is 5.73 Å². The summed E-state index contributed by atoms with van der Waals surface area (Å²) in [5, 5.41) is 9.32. The molecule has 1 rings (SSSR count). The Hall–Kier alpha value is -2.89. The third kappa shape index (κ3) is 4.79. The molecule has 0 bridgehead atoms. The molecule has 0 aromatic rings. The molecule has 0 amide bonds. The van der Waals surface area contributed by atoms with Crippen LogP contribution >= 0.6 is 0 Å². The molecule has 25 heavy (non-hydrogen) atoms. The number of hydrogen-bond acceptors (Lipinski definition) is 9. The summed E-state index contributed by atoms with van der Waals surface area (Å²) in [5.41, 5.74) is 5.69. The van der Waals surface area contributed by atoms with E-state index in [1.54, 1.807) is 26.8 Å². The standard InChI is InChI=1S/C16H21N3O6/c1-4-23-14(20)9-7-10(15(21)24-5-2)13(18)19-12(9)11(8-17)16(22)25-6-3/h9,11H,4-7,18H2,1-3H3/t9-,11-/m1/s1. The van der Waals surface area contributed by atoms with Crippen molar-refractivity contribution in [3.8, 4) is 6.07 Å². The highest BCUT2D eigenvalue weighted by molar-refractivity contribution is 6.14. The maximum absolute atomic E-state index is 12.3. The van der Waals surface area contributed by atoms with Crippen molar-refractivity contribution in [3.63, 3.8) is 0 Å². The van der Waals surface area contributed by atoms with E-state index in [0.29, 0.717) is 0 Å². The number of nitrogens with zero attached hydrogens (tertiary/aromatic N) is 2. The van der Waals surface area contributed by atoms with Gasteiger partial charge in [-0.25, -0.2) is 9.79 Å². The second kappa shape index (κ2) is 9.42. The van der Waals surface area contributed by atoms with Crippen molar-refractivity contribution in [2.45, 2.75) is 27.2 Å². The van der Waals surface area contributed by atoms with Gasteiger partial charge in [-0.3, -0.25) is 9.59 Å². The van der Waals surface area contributed by atoms with Gasteiger partial charge in [0, 0.05) is 6.42 Å². The van der Waals surface area contributed by atoms with E-state index in [1.165, 1.54) is 0 Å². The fourth-order valence-corrected chi connectivity index (χ4v) is 2.28. The minimum Gasteiger partial charge on any atom is -0.465 e. The van der Waals surface area contributed by atoms with E-state index in [-0.39, 0.29) is 43.3 Å². The van der Waals surface area contributed by atoms with E-state index in [0.717, 1.165) is 0 Å². The Morgan fingerprint density at radius 1 is 1.20 bits per heavy atom. The first-order valence-corrected chi connectivity index (χ1v) is 7.88. The first-order chi connectivity index (χ1) is 11.9. The van der Waals surface area contributed by atoms with E-state index in [9.17, 15) is 19.6 Å². The molecule has 9 heteroatoms. The molecule has 0 radical (unpaired) electrons. The Bertz CT molecular complexity index is 647. The van der Waals surface area contributed by atoms with E-state index in [4.69, 9.17) is 19.9 Å². The monoisotopic (exact) mass is 351 g/mol. The lowest BCUT2D eigenvalue weighted by Gasteiger charge is -2.25. The van der Waals surface area contributed by atoms with Gasteiger partial charge in [0.2, 0.25) is 0 Å². The zero-order chi connectivity index (χ0) is 19.0. The minimum atomic E-state index is -1.42. The van der Waals surface area contributed by atoms with Gasteiger partial charge in [0.15, 0.2) is 5.92 Å². The van der Waals surface area contributed by atoms with Gasteiger partial charge in [-0.2, -0.15) is 5.26 Å². The molecule has 0 aromatic heterocycles. The number of carbonyl (C=O) groups excluding carboxylic acids is 3. The van der Waals surface area contributed by atoms with Crippen molar-refractivity contribution in [2.75, 3.05) is 19.8 Å². The molecular weight excluding hydrogens is 330 g/mol. The van der Waals surface area contributed by atoms with Gasteiger partial charge in [-0.1, -0.05) is 0 Å². The molecule has 136 valence electrons. The summed E-state index contributed by atoms with van der Waals surface area (Å²) >= 11 is 0. The fraction of sp³-hybridized carbons (Fsp3) is 0.562. The Balaban J connectivity index is 3.33. The summed E-state index contributed by atoms with van der Waals surface area (Å²) in [5.74, 6) is -4.97. The molecule has 1 aliphatic rings. The number of carbonyl (C=O) groups is 3. The second-order valence-electron chi connectivity index (χ2n) is 4.94. The average Bonchev–Trinajstić information content (AvgIpc) is 2.56. The van der Waals surface area contributed by atoms with Gasteiger partial charge in [0.05, 0.1) is 37.2 Å². The topological polar surface area (TPSA) is 141 Å². The highest BCUT2D eigenvalue weighted by Gasteiger charge is 2.41. The molecular formula is C16H21N3O6. The SMILES string of the molecule is CCOC(=O)C1=C(N)N=C([C@@H](C#N)C(=O)OCC)[C@H](C(=O)OCC)C1. The summed E-state index contributed by atoms with van der Waals surface area (Å²) in [6.45, 7) is 5.11. The fourth-order valence-electron chi connectivity index (χ4n) is 2.28. The Morgan fingerprint density at radius 2 is 1.80 bits per heavy atom. The van der Waals surface area contributed by atoms with Gasteiger partial charge < -0.3 is 19.9 Å². The van der Waals surface area contributed by atoms with Crippen molar-refractivity contribution in [1.82, 2.24) is 0 Å². The zero-order valence-electron chi connectivity index (χ0n) is 14.4. The summed E-state index contributed by atoms with van der Waals surface area (Å²) in [6.07, 6.45) is -0.167. The van der Waals surface area contributed by atoms with Crippen LogP contribution in [-0.2, 0) is 28.6 Å². The van der Waals surface area contributed by atoms with Crippen molar-refractivity contribution >= 4 is 23.6 Å². The summed E-state index contributed by atoms with van der Waals surface area (Å²) in [4.78, 5) is 40.2. The Kier molecular flexibility index (Phi) is 7.59. The van der Waals surface area contributed by atoms with Gasteiger partial charge in [0.25, 0.3) is 0 Å². The third-order valence-corrected chi connectivity index (χ3v) is 3.36. The van der Waals surface area contributed by atoms with Gasteiger partial charge >= 0.3 is 17.9 Å². The first kappa shape index (κ1) is 20.2. The smallest absolute Gasteiger partial charge is 0.337 e. The van der Waals surface area contributed by atoms with Crippen LogP contribution in [0.25, 0.3) is 0 Å². The van der Waals surface area contributed by atoms with Crippen LogP contribution in [-0.4, -0.2) is 43.4 Å². The Morgan fingerprint density at radius 3 is 2.32 bits per heavy atom. The molecule has 0 fully saturated rings. The number of nitrogens with two attached hydrogens (primary N) is 1. The molecule has 1 aliphatic heterocycles. The zero-order valence-corrected chi connectivity index (χ0v) is 14.4. The molecule has 0 saturated heterocycles. The van der Waals surface area contributed by atoms with E-state index < -0.39 is 29.7 Å². The van der Waals surface area contributed by atoms with Crippen LogP contribution in [0.2, 0.25) is 0 Å². The number of esters is 3. The summed E-state index contributed by atoms with van der Waals surface area (Å²) in [6, 6.07) is 1.77. The average molecular weight is 351 g/mol. The maximum atomic E-state index is 12.3. The summed E-state index contributed by atoms with van der Waals surface area (Å²) in [7, 11) is 0. The largest absolute Gasteiger partial charge is 0.465 e. The first-order valence-electron chi connectivity index (χ1n) is 7.88. The van der Waals surface area contributed by atoms with Crippen molar-refractivity contribution < 1.29 is 28.6 Å². The summed E-state index contributed by atoms with van der Waals surface area (Å²) < 4.78 is 14.7. The minimum absolute atomic E-state index is 0.00389. The van der Waals surface area contributed by atoms with Crippen molar-refractivity contribution in [2.24, 2.45) is 22.6 Å². The van der Waals surface area contributed by atoms with Crippen LogP contribution in [0.5, 0.6) is 0 Å². The lowest BCUT2D eigenvalue weighted by molar-refractivity contribution is -0.146. The predicted molar refractivity (Wildman–Crippen MR) is 85.8 cm³/mol. The number of hydrogen-bond donors (Lipinski definition) is 1. The predicted octanol–water partition coefficient (Wildman–Crippen LogP) is 0.447. The lowest BCUT2D eigenvalue weighted by Crippen LogP contribution is -2.39. The molecule has 9 nitrogen and oxygen atoms in total. The van der Waals surface area contributed by atoms with Crippen LogP contribution in [0.3, 0.4) is 0 Å². The molecule has 0 unspecified atom stereocenters. The quantitative estimate of drug-likeness (QED) is 0.514. The molecule has 0 spiro atoms. The molecule has 2 atom stereocenters. The van der Waals surface area contributed by atoms with E-state index in [1.807, 2.05) is 0 Å². The van der Waals surface area contributed by atoms with Gasteiger partial charge in [-0.15, -0.1) is 0 Å². The third-order valence-electron chi connectivity index (χ3n) is 3.36.